The third-order valence-corrected chi connectivity index (χ3v) is 5.35. The summed E-state index contributed by atoms with van der Waals surface area (Å²) < 4.78 is 10.7. The van der Waals surface area contributed by atoms with Crippen LogP contribution in [0.25, 0.3) is 0 Å². The minimum Gasteiger partial charge on any atom is -0.454 e. The molecule has 6 heteroatoms. The Morgan fingerprint density at radius 2 is 1.89 bits per heavy atom. The Bertz CT molecular complexity index is 923. The van der Waals surface area contributed by atoms with Crippen LogP contribution in [-0.4, -0.2) is 25.2 Å². The zero-order chi connectivity index (χ0) is 19.7. The molecule has 2 amide bonds. The van der Waals surface area contributed by atoms with Crippen LogP contribution in [0.4, 0.5) is 5.69 Å². The number of rotatable bonds is 4. The molecule has 0 saturated carbocycles. The van der Waals surface area contributed by atoms with Gasteiger partial charge in [-0.3, -0.25) is 9.59 Å². The second-order valence-electron chi connectivity index (χ2n) is 7.68. The molecule has 4 rings (SSSR count). The van der Waals surface area contributed by atoms with Crippen LogP contribution < -0.4 is 19.7 Å². The molecule has 1 N–H and O–H groups in total. The fourth-order valence-corrected chi connectivity index (χ4v) is 3.63. The number of amides is 2. The SMILES string of the molecule is CC(C)(C(=O)NCc1ccc2c(c1)OCO2)C(=O)N1CCCc2ccccc21. The highest BCUT2D eigenvalue weighted by molar-refractivity contribution is 6.11. The Kier molecular flexibility index (Phi) is 4.71. The average Bonchev–Trinajstić information content (AvgIpc) is 3.18. The minimum absolute atomic E-state index is 0.178. The molecule has 0 fully saturated rings. The van der Waals surface area contributed by atoms with E-state index in [1.54, 1.807) is 18.7 Å². The van der Waals surface area contributed by atoms with E-state index in [-0.39, 0.29) is 18.6 Å². The fraction of sp³-hybridized carbons (Fsp3) is 0.364. The third kappa shape index (κ3) is 3.30. The maximum absolute atomic E-state index is 13.2. The lowest BCUT2D eigenvalue weighted by Gasteiger charge is -2.35. The van der Waals surface area contributed by atoms with Gasteiger partial charge in [-0.15, -0.1) is 0 Å². The predicted octanol–water partition coefficient (Wildman–Crippen LogP) is 3.04. The molecule has 0 radical (unpaired) electrons. The summed E-state index contributed by atoms with van der Waals surface area (Å²) in [5.74, 6) is 0.905. The molecule has 0 aliphatic carbocycles. The number of hydrogen-bond acceptors (Lipinski definition) is 4. The van der Waals surface area contributed by atoms with Gasteiger partial charge in [0.2, 0.25) is 18.6 Å². The van der Waals surface area contributed by atoms with Crippen LogP contribution in [0.5, 0.6) is 11.5 Å². The number of para-hydroxylation sites is 1. The Morgan fingerprint density at radius 1 is 1.11 bits per heavy atom. The van der Waals surface area contributed by atoms with Crippen LogP contribution >= 0.6 is 0 Å². The Labute approximate surface area is 164 Å². The third-order valence-electron chi connectivity index (χ3n) is 5.35. The number of aryl methyl sites for hydroxylation is 1. The molecule has 2 aromatic rings. The molecule has 0 aromatic heterocycles. The molecule has 2 aliphatic heterocycles. The van der Waals surface area contributed by atoms with E-state index < -0.39 is 5.41 Å². The Hall–Kier alpha value is -3.02. The van der Waals surface area contributed by atoms with Gasteiger partial charge >= 0.3 is 0 Å². The summed E-state index contributed by atoms with van der Waals surface area (Å²) in [5.41, 5.74) is 1.79. The molecule has 2 aromatic carbocycles. The molecule has 0 unspecified atom stereocenters. The number of nitrogens with zero attached hydrogens (tertiary/aromatic N) is 1. The summed E-state index contributed by atoms with van der Waals surface area (Å²) in [4.78, 5) is 27.8. The van der Waals surface area contributed by atoms with Gasteiger partial charge in [-0.1, -0.05) is 24.3 Å². The van der Waals surface area contributed by atoms with E-state index in [4.69, 9.17) is 9.47 Å². The van der Waals surface area contributed by atoms with Crippen LogP contribution in [-0.2, 0) is 22.6 Å². The van der Waals surface area contributed by atoms with Crippen molar-refractivity contribution < 1.29 is 19.1 Å². The number of ether oxygens (including phenoxy) is 2. The number of benzene rings is 2. The van der Waals surface area contributed by atoms with E-state index in [0.29, 0.717) is 24.6 Å². The van der Waals surface area contributed by atoms with E-state index >= 15 is 0 Å². The van der Waals surface area contributed by atoms with Crippen LogP contribution in [0.1, 0.15) is 31.4 Å². The van der Waals surface area contributed by atoms with Crippen molar-refractivity contribution >= 4 is 17.5 Å². The average molecular weight is 380 g/mol. The highest BCUT2D eigenvalue weighted by Crippen LogP contribution is 2.33. The zero-order valence-corrected chi connectivity index (χ0v) is 16.2. The van der Waals surface area contributed by atoms with Gasteiger partial charge in [0.05, 0.1) is 0 Å². The van der Waals surface area contributed by atoms with Gasteiger partial charge in [0.1, 0.15) is 5.41 Å². The maximum Gasteiger partial charge on any atom is 0.242 e. The van der Waals surface area contributed by atoms with Crippen LogP contribution in [0, 0.1) is 5.41 Å². The molecular weight excluding hydrogens is 356 g/mol. The lowest BCUT2D eigenvalue weighted by molar-refractivity contribution is -0.140. The lowest BCUT2D eigenvalue weighted by atomic mass is 9.88. The van der Waals surface area contributed by atoms with Gasteiger partial charge in [0.25, 0.3) is 0 Å². The van der Waals surface area contributed by atoms with Crippen LogP contribution in [0.15, 0.2) is 42.5 Å². The van der Waals surface area contributed by atoms with Crippen molar-refractivity contribution in [3.8, 4) is 11.5 Å². The van der Waals surface area contributed by atoms with E-state index in [9.17, 15) is 9.59 Å². The highest BCUT2D eigenvalue weighted by atomic mass is 16.7. The van der Waals surface area contributed by atoms with Gasteiger partial charge in [-0.2, -0.15) is 0 Å². The van der Waals surface area contributed by atoms with Crippen molar-refractivity contribution in [3.05, 3.63) is 53.6 Å². The zero-order valence-electron chi connectivity index (χ0n) is 16.2. The van der Waals surface area contributed by atoms with Crippen molar-refractivity contribution in [2.24, 2.45) is 5.41 Å². The van der Waals surface area contributed by atoms with Crippen molar-refractivity contribution in [2.45, 2.75) is 33.2 Å². The summed E-state index contributed by atoms with van der Waals surface area (Å²) in [5, 5.41) is 2.89. The summed E-state index contributed by atoms with van der Waals surface area (Å²) in [6.45, 7) is 4.53. The Morgan fingerprint density at radius 3 is 2.75 bits per heavy atom. The van der Waals surface area contributed by atoms with Gasteiger partial charge in [-0.25, -0.2) is 0 Å². The molecule has 0 atom stereocenters. The smallest absolute Gasteiger partial charge is 0.242 e. The van der Waals surface area contributed by atoms with E-state index in [1.807, 2.05) is 42.5 Å². The molecule has 146 valence electrons. The van der Waals surface area contributed by atoms with Crippen molar-refractivity contribution in [2.75, 3.05) is 18.2 Å². The first kappa shape index (κ1) is 18.3. The summed E-state index contributed by atoms with van der Waals surface area (Å²) in [6.07, 6.45) is 1.86. The van der Waals surface area contributed by atoms with E-state index in [0.717, 1.165) is 29.7 Å². The van der Waals surface area contributed by atoms with E-state index in [2.05, 4.69) is 5.32 Å². The largest absolute Gasteiger partial charge is 0.454 e. The standard InChI is InChI=1S/C22H24N2O4/c1-22(2,21(26)24-11-5-7-16-6-3-4-8-17(16)24)20(25)23-13-15-9-10-18-19(12-15)28-14-27-18/h3-4,6,8-10,12H,5,7,11,13-14H2,1-2H3,(H,23,25). The second-order valence-corrected chi connectivity index (χ2v) is 7.68. The monoisotopic (exact) mass is 380 g/mol. The Balaban J connectivity index is 1.45. The molecule has 2 heterocycles. The van der Waals surface area contributed by atoms with Crippen LogP contribution in [0.2, 0.25) is 0 Å². The topological polar surface area (TPSA) is 67.9 Å². The van der Waals surface area contributed by atoms with Gasteiger partial charge < -0.3 is 19.7 Å². The molecule has 28 heavy (non-hydrogen) atoms. The second kappa shape index (κ2) is 7.19. The van der Waals surface area contributed by atoms with Crippen molar-refractivity contribution in [1.29, 1.82) is 0 Å². The summed E-state index contributed by atoms with van der Waals surface area (Å²) in [7, 11) is 0. The molecule has 0 bridgehead atoms. The van der Waals surface area contributed by atoms with Crippen LogP contribution in [0.3, 0.4) is 0 Å². The first-order valence-electron chi connectivity index (χ1n) is 9.53. The molecule has 6 nitrogen and oxygen atoms in total. The predicted molar refractivity (Wildman–Crippen MR) is 105 cm³/mol. The summed E-state index contributed by atoms with van der Waals surface area (Å²) >= 11 is 0. The van der Waals surface area contributed by atoms with Gasteiger partial charge in [0.15, 0.2) is 11.5 Å². The minimum atomic E-state index is -1.17. The van der Waals surface area contributed by atoms with E-state index in [1.165, 1.54) is 0 Å². The first-order valence-corrected chi connectivity index (χ1v) is 9.53. The number of carbonyl (C=O) groups is 2. The molecule has 0 spiro atoms. The van der Waals surface area contributed by atoms with Gasteiger partial charge in [-0.05, 0) is 56.0 Å². The first-order chi connectivity index (χ1) is 13.5. The van der Waals surface area contributed by atoms with Gasteiger partial charge in [0, 0.05) is 18.8 Å². The van der Waals surface area contributed by atoms with Crippen molar-refractivity contribution in [1.82, 2.24) is 5.32 Å². The molecule has 0 saturated heterocycles. The quantitative estimate of drug-likeness (QED) is 0.828. The van der Waals surface area contributed by atoms with Crippen molar-refractivity contribution in [3.63, 3.8) is 0 Å². The number of nitrogens with one attached hydrogen (secondary N) is 1. The number of fused-ring (bicyclic) bond motifs is 2. The number of hydrogen-bond donors (Lipinski definition) is 1. The number of anilines is 1. The fourth-order valence-electron chi connectivity index (χ4n) is 3.63. The summed E-state index contributed by atoms with van der Waals surface area (Å²) in [6, 6.07) is 13.5. The lowest BCUT2D eigenvalue weighted by Crippen LogP contribution is -2.50. The maximum atomic E-state index is 13.2. The molecule has 2 aliphatic rings. The molecular formula is C22H24N2O4. The highest BCUT2D eigenvalue weighted by Gasteiger charge is 2.40. The normalized spacial score (nSPS) is 15.1. The number of carbonyl (C=O) groups excluding carboxylic acids is 2.